The molecule has 0 aromatic heterocycles. The van der Waals surface area contributed by atoms with Crippen molar-refractivity contribution in [2.75, 3.05) is 26.9 Å². The smallest absolute Gasteiger partial charge is 0.246 e. The Balaban J connectivity index is 3.89. The summed E-state index contributed by atoms with van der Waals surface area (Å²) in [7, 11) is 1.54. The van der Waals surface area contributed by atoms with Crippen LogP contribution in [0.25, 0.3) is 0 Å². The zero-order chi connectivity index (χ0) is 13.8. The summed E-state index contributed by atoms with van der Waals surface area (Å²) in [5.41, 5.74) is 5.18. The number of nitrogens with two attached hydrogens (primary N) is 1. The summed E-state index contributed by atoms with van der Waals surface area (Å²) in [5, 5.41) is 2.50. The van der Waals surface area contributed by atoms with Crippen LogP contribution in [-0.4, -0.2) is 44.8 Å². The molecule has 0 saturated heterocycles. The molecule has 0 bridgehead atoms. The molecule has 0 radical (unpaired) electrons. The Morgan fingerprint density at radius 3 is 2.72 bits per heavy atom. The van der Waals surface area contributed by atoms with Crippen molar-refractivity contribution in [3.63, 3.8) is 0 Å². The van der Waals surface area contributed by atoms with E-state index in [1.807, 2.05) is 0 Å². The van der Waals surface area contributed by atoms with Crippen LogP contribution in [0.15, 0.2) is 0 Å². The maximum atomic E-state index is 11.4. The molecule has 18 heavy (non-hydrogen) atoms. The molecule has 0 spiro atoms. The summed E-state index contributed by atoms with van der Waals surface area (Å²) >= 11 is 0. The molecule has 6 nitrogen and oxygen atoms in total. The minimum Gasteiger partial charge on any atom is -0.382 e. The summed E-state index contributed by atoms with van der Waals surface area (Å²) in [6.07, 6.45) is 6.71. The molecule has 6 heteroatoms. The van der Waals surface area contributed by atoms with Gasteiger partial charge >= 0.3 is 0 Å². The van der Waals surface area contributed by atoms with E-state index in [0.29, 0.717) is 32.5 Å². The van der Waals surface area contributed by atoms with Gasteiger partial charge in [-0.3, -0.25) is 9.59 Å². The number of unbranched alkanes of at least 4 members (excludes halogenated alkanes) is 1. The summed E-state index contributed by atoms with van der Waals surface area (Å²) in [6, 6.07) is -0.697. The number of hydrogen-bond acceptors (Lipinski definition) is 4. The lowest BCUT2D eigenvalue weighted by Crippen LogP contribution is -2.45. The van der Waals surface area contributed by atoms with Gasteiger partial charge in [0.2, 0.25) is 11.8 Å². The second kappa shape index (κ2) is 10.6. The molecule has 0 saturated carbocycles. The Kier molecular flexibility index (Phi) is 9.64. The summed E-state index contributed by atoms with van der Waals surface area (Å²) in [5.74, 6) is 1.51. The van der Waals surface area contributed by atoms with Crippen molar-refractivity contribution < 1.29 is 19.1 Å². The fraction of sp³-hybridized carbons (Fsp3) is 0.667. The van der Waals surface area contributed by atoms with E-state index in [9.17, 15) is 9.59 Å². The third-order valence-corrected chi connectivity index (χ3v) is 2.16. The molecule has 0 aromatic carbocycles. The van der Waals surface area contributed by atoms with Gasteiger partial charge in [-0.2, -0.15) is 0 Å². The first-order chi connectivity index (χ1) is 8.61. The van der Waals surface area contributed by atoms with Gasteiger partial charge in [0.05, 0.1) is 13.2 Å². The number of amides is 2. The van der Waals surface area contributed by atoms with E-state index < -0.39 is 11.9 Å². The standard InChI is InChI=1S/C12H20N2O4/c1-3-4-5-6-10(12(13)16)14-11(15)9-18-8-7-17-2/h1,10H,4-9H2,2H3,(H2,13,16)(H,14,15)/t10-/m0/s1. The minimum absolute atomic E-state index is 0.123. The van der Waals surface area contributed by atoms with Crippen LogP contribution in [0, 0.1) is 12.3 Å². The summed E-state index contributed by atoms with van der Waals surface area (Å²) < 4.78 is 9.78. The van der Waals surface area contributed by atoms with Gasteiger partial charge in [-0.25, -0.2) is 0 Å². The van der Waals surface area contributed by atoms with Crippen LogP contribution in [0.2, 0.25) is 0 Å². The molecule has 2 amide bonds. The quantitative estimate of drug-likeness (QED) is 0.404. The Morgan fingerprint density at radius 2 is 2.17 bits per heavy atom. The lowest BCUT2D eigenvalue weighted by atomic mass is 10.1. The van der Waals surface area contributed by atoms with Crippen LogP contribution in [0.5, 0.6) is 0 Å². The third-order valence-electron chi connectivity index (χ3n) is 2.16. The molecular formula is C12H20N2O4. The van der Waals surface area contributed by atoms with Gasteiger partial charge < -0.3 is 20.5 Å². The van der Waals surface area contributed by atoms with E-state index in [1.165, 1.54) is 7.11 Å². The van der Waals surface area contributed by atoms with Gasteiger partial charge in [0.25, 0.3) is 0 Å². The number of nitrogens with one attached hydrogen (secondary N) is 1. The number of carbonyl (C=O) groups is 2. The molecule has 0 unspecified atom stereocenters. The van der Waals surface area contributed by atoms with Crippen LogP contribution in [0.3, 0.4) is 0 Å². The van der Waals surface area contributed by atoms with Crippen LogP contribution < -0.4 is 11.1 Å². The number of carbonyl (C=O) groups excluding carboxylic acids is 2. The van der Waals surface area contributed by atoms with Gasteiger partial charge in [0.1, 0.15) is 12.6 Å². The number of hydrogen-bond donors (Lipinski definition) is 2. The van der Waals surface area contributed by atoms with Crippen molar-refractivity contribution >= 4 is 11.8 Å². The molecule has 0 rings (SSSR count). The topological polar surface area (TPSA) is 90.7 Å². The van der Waals surface area contributed by atoms with Crippen LogP contribution in [0.1, 0.15) is 19.3 Å². The fourth-order valence-corrected chi connectivity index (χ4v) is 1.24. The van der Waals surface area contributed by atoms with E-state index in [4.69, 9.17) is 21.6 Å². The molecule has 1 atom stereocenters. The van der Waals surface area contributed by atoms with Crippen molar-refractivity contribution in [1.29, 1.82) is 0 Å². The first-order valence-corrected chi connectivity index (χ1v) is 5.70. The van der Waals surface area contributed by atoms with E-state index in [1.54, 1.807) is 0 Å². The minimum atomic E-state index is -0.697. The molecule has 0 aliphatic heterocycles. The van der Waals surface area contributed by atoms with Crippen LogP contribution >= 0.6 is 0 Å². The molecule has 0 aromatic rings. The first-order valence-electron chi connectivity index (χ1n) is 5.70. The highest BCUT2D eigenvalue weighted by atomic mass is 16.5. The Bertz CT molecular complexity index is 299. The predicted molar refractivity (Wildman–Crippen MR) is 66.5 cm³/mol. The number of rotatable bonds is 10. The van der Waals surface area contributed by atoms with Crippen molar-refractivity contribution in [3.8, 4) is 12.3 Å². The highest BCUT2D eigenvalue weighted by molar-refractivity contribution is 5.86. The van der Waals surface area contributed by atoms with Gasteiger partial charge in [0.15, 0.2) is 0 Å². The number of terminal acetylenes is 1. The van der Waals surface area contributed by atoms with Gasteiger partial charge in [-0.05, 0) is 12.8 Å². The van der Waals surface area contributed by atoms with Gasteiger partial charge in [-0.15, -0.1) is 12.3 Å². The summed E-state index contributed by atoms with van der Waals surface area (Å²) in [6.45, 7) is 0.610. The Morgan fingerprint density at radius 1 is 1.44 bits per heavy atom. The van der Waals surface area contributed by atoms with Gasteiger partial charge in [0, 0.05) is 13.5 Å². The zero-order valence-corrected chi connectivity index (χ0v) is 10.6. The highest BCUT2D eigenvalue weighted by Crippen LogP contribution is 2.00. The normalized spacial score (nSPS) is 11.6. The molecular weight excluding hydrogens is 236 g/mol. The monoisotopic (exact) mass is 256 g/mol. The maximum absolute atomic E-state index is 11.4. The SMILES string of the molecule is C#CCCC[C@H](NC(=O)COCCOC)C(N)=O. The molecule has 102 valence electrons. The third kappa shape index (κ3) is 8.56. The zero-order valence-electron chi connectivity index (χ0n) is 10.6. The van der Waals surface area contributed by atoms with E-state index in [-0.39, 0.29) is 12.5 Å². The number of ether oxygens (including phenoxy) is 2. The molecule has 0 aliphatic carbocycles. The Hall–Kier alpha value is -1.58. The predicted octanol–water partition coefficient (Wildman–Crippen LogP) is -0.577. The fourth-order valence-electron chi connectivity index (χ4n) is 1.24. The highest BCUT2D eigenvalue weighted by Gasteiger charge is 2.17. The molecule has 0 heterocycles. The molecule has 0 aliphatic rings. The second-order valence-electron chi connectivity index (χ2n) is 3.66. The van der Waals surface area contributed by atoms with Crippen molar-refractivity contribution in [3.05, 3.63) is 0 Å². The van der Waals surface area contributed by atoms with Crippen molar-refractivity contribution in [2.45, 2.75) is 25.3 Å². The molecule has 3 N–H and O–H groups in total. The van der Waals surface area contributed by atoms with Crippen LogP contribution in [-0.2, 0) is 19.1 Å². The van der Waals surface area contributed by atoms with Crippen molar-refractivity contribution in [1.82, 2.24) is 5.32 Å². The van der Waals surface area contributed by atoms with E-state index in [2.05, 4.69) is 11.2 Å². The van der Waals surface area contributed by atoms with Gasteiger partial charge in [-0.1, -0.05) is 0 Å². The van der Waals surface area contributed by atoms with Crippen LogP contribution in [0.4, 0.5) is 0 Å². The lowest BCUT2D eigenvalue weighted by molar-refractivity contribution is -0.130. The first kappa shape index (κ1) is 16.4. The average Bonchev–Trinajstić information content (AvgIpc) is 2.33. The van der Waals surface area contributed by atoms with E-state index in [0.717, 1.165) is 0 Å². The second-order valence-corrected chi connectivity index (χ2v) is 3.66. The van der Waals surface area contributed by atoms with E-state index >= 15 is 0 Å². The lowest BCUT2D eigenvalue weighted by Gasteiger charge is -2.14. The van der Waals surface area contributed by atoms with Crippen molar-refractivity contribution in [2.24, 2.45) is 5.73 Å². The largest absolute Gasteiger partial charge is 0.382 e. The average molecular weight is 256 g/mol. The number of methoxy groups -OCH3 is 1. The maximum Gasteiger partial charge on any atom is 0.246 e. The summed E-state index contributed by atoms with van der Waals surface area (Å²) in [4.78, 5) is 22.5. The molecule has 0 fully saturated rings. The Labute approximate surface area is 107 Å². The number of primary amides is 1.